The third-order valence-electron chi connectivity index (χ3n) is 3.48. The summed E-state index contributed by atoms with van der Waals surface area (Å²) in [7, 11) is 0. The Bertz CT molecular complexity index is 253. The molecule has 0 aromatic rings. The van der Waals surface area contributed by atoms with Crippen LogP contribution >= 0.6 is 0 Å². The van der Waals surface area contributed by atoms with E-state index in [2.05, 4.69) is 46.8 Å². The highest BCUT2D eigenvalue weighted by Gasteiger charge is 2.27. The molecule has 0 N–H and O–H groups in total. The fourth-order valence-corrected chi connectivity index (χ4v) is 2.52. The second-order valence-corrected chi connectivity index (χ2v) is 5.34. The standard InChI is InChI=1S/C14H24/c1-6-12-10-14(4,5)9-8-11(3)13(12)7-2/h6-7,11H,8-10H2,1-5H3/b12-6-,13-7-. The minimum Gasteiger partial charge on any atom is -0.0841 e. The Hall–Kier alpha value is -0.520. The van der Waals surface area contributed by atoms with Crippen molar-refractivity contribution in [2.45, 2.75) is 53.9 Å². The van der Waals surface area contributed by atoms with Gasteiger partial charge in [0.1, 0.15) is 0 Å². The van der Waals surface area contributed by atoms with Gasteiger partial charge in [0.05, 0.1) is 0 Å². The van der Waals surface area contributed by atoms with Crippen LogP contribution < -0.4 is 0 Å². The minimum atomic E-state index is 0.487. The molecule has 1 rings (SSSR count). The summed E-state index contributed by atoms with van der Waals surface area (Å²) in [5.74, 6) is 0.743. The second kappa shape index (κ2) is 4.33. The highest BCUT2D eigenvalue weighted by atomic mass is 14.3. The zero-order valence-electron chi connectivity index (χ0n) is 10.4. The van der Waals surface area contributed by atoms with Gasteiger partial charge < -0.3 is 0 Å². The Morgan fingerprint density at radius 2 is 1.86 bits per heavy atom. The molecule has 1 unspecified atom stereocenters. The predicted octanol–water partition coefficient (Wildman–Crippen LogP) is 4.73. The molecule has 1 aliphatic carbocycles. The van der Waals surface area contributed by atoms with Crippen molar-refractivity contribution in [1.29, 1.82) is 0 Å². The molecule has 1 saturated carbocycles. The van der Waals surface area contributed by atoms with E-state index in [1.165, 1.54) is 19.3 Å². The molecule has 0 aliphatic heterocycles. The lowest BCUT2D eigenvalue weighted by Crippen LogP contribution is -2.09. The zero-order chi connectivity index (χ0) is 10.8. The summed E-state index contributed by atoms with van der Waals surface area (Å²) in [5, 5.41) is 0. The maximum absolute atomic E-state index is 2.39. The van der Waals surface area contributed by atoms with Gasteiger partial charge >= 0.3 is 0 Å². The van der Waals surface area contributed by atoms with E-state index in [9.17, 15) is 0 Å². The molecule has 0 heterocycles. The molecule has 0 aromatic heterocycles. The van der Waals surface area contributed by atoms with Crippen molar-refractivity contribution in [3.63, 3.8) is 0 Å². The second-order valence-electron chi connectivity index (χ2n) is 5.34. The summed E-state index contributed by atoms with van der Waals surface area (Å²) < 4.78 is 0. The third kappa shape index (κ3) is 2.50. The molecule has 0 aromatic carbocycles. The molecular formula is C14H24. The van der Waals surface area contributed by atoms with E-state index in [0.717, 1.165) is 5.92 Å². The quantitative estimate of drug-likeness (QED) is 0.487. The number of rotatable bonds is 0. The van der Waals surface area contributed by atoms with Gasteiger partial charge in [-0.3, -0.25) is 0 Å². The first-order valence-corrected chi connectivity index (χ1v) is 5.82. The summed E-state index contributed by atoms with van der Waals surface area (Å²) in [4.78, 5) is 0. The summed E-state index contributed by atoms with van der Waals surface area (Å²) in [6, 6.07) is 0. The summed E-state index contributed by atoms with van der Waals surface area (Å²) in [6.45, 7) is 11.5. The molecule has 0 amide bonds. The lowest BCUT2D eigenvalue weighted by atomic mass is 9.83. The summed E-state index contributed by atoms with van der Waals surface area (Å²) >= 11 is 0. The Morgan fingerprint density at radius 3 is 2.36 bits per heavy atom. The Kier molecular flexibility index (Phi) is 3.58. The first kappa shape index (κ1) is 11.6. The molecule has 0 saturated heterocycles. The average molecular weight is 192 g/mol. The van der Waals surface area contributed by atoms with E-state index in [0.29, 0.717) is 5.41 Å². The van der Waals surface area contributed by atoms with Gasteiger partial charge in [-0.25, -0.2) is 0 Å². The van der Waals surface area contributed by atoms with Gasteiger partial charge in [0, 0.05) is 0 Å². The van der Waals surface area contributed by atoms with Crippen LogP contribution in [0.1, 0.15) is 53.9 Å². The first-order valence-electron chi connectivity index (χ1n) is 5.82. The van der Waals surface area contributed by atoms with Crippen LogP contribution in [0.4, 0.5) is 0 Å². The van der Waals surface area contributed by atoms with Crippen molar-refractivity contribution in [2.24, 2.45) is 11.3 Å². The molecule has 0 spiro atoms. The summed E-state index contributed by atoms with van der Waals surface area (Å²) in [5.41, 5.74) is 3.64. The summed E-state index contributed by atoms with van der Waals surface area (Å²) in [6.07, 6.45) is 8.54. The van der Waals surface area contributed by atoms with E-state index >= 15 is 0 Å². The monoisotopic (exact) mass is 192 g/mol. The van der Waals surface area contributed by atoms with Gasteiger partial charge in [0.15, 0.2) is 0 Å². The van der Waals surface area contributed by atoms with Crippen LogP contribution in [0.25, 0.3) is 0 Å². The lowest BCUT2D eigenvalue weighted by molar-refractivity contribution is 0.325. The van der Waals surface area contributed by atoms with Gasteiger partial charge in [-0.15, -0.1) is 0 Å². The highest BCUT2D eigenvalue weighted by Crippen LogP contribution is 2.41. The van der Waals surface area contributed by atoms with E-state index in [1.54, 1.807) is 11.1 Å². The number of hydrogen-bond donors (Lipinski definition) is 0. The molecular weight excluding hydrogens is 168 g/mol. The van der Waals surface area contributed by atoms with Gasteiger partial charge in [-0.05, 0) is 55.6 Å². The molecule has 1 fully saturated rings. The topological polar surface area (TPSA) is 0 Å². The molecule has 1 aliphatic rings. The maximum atomic E-state index is 2.39. The average Bonchev–Trinajstić information content (AvgIpc) is 2.24. The smallest absolute Gasteiger partial charge is 0.0191 e. The van der Waals surface area contributed by atoms with E-state index in [4.69, 9.17) is 0 Å². The van der Waals surface area contributed by atoms with E-state index in [-0.39, 0.29) is 0 Å². The van der Waals surface area contributed by atoms with Gasteiger partial charge in [-0.1, -0.05) is 32.9 Å². The normalized spacial score (nSPS) is 33.4. The van der Waals surface area contributed by atoms with Crippen molar-refractivity contribution in [2.75, 3.05) is 0 Å². The lowest BCUT2D eigenvalue weighted by Gasteiger charge is -2.22. The fraction of sp³-hybridized carbons (Fsp3) is 0.714. The third-order valence-corrected chi connectivity index (χ3v) is 3.48. The SMILES string of the molecule is C/C=C1/CC(C)(C)CCC(C)/C1=C/C. The van der Waals surface area contributed by atoms with Gasteiger partial charge in [0.2, 0.25) is 0 Å². The Balaban J connectivity index is 2.99. The predicted molar refractivity (Wildman–Crippen MR) is 64.3 cm³/mol. The fourth-order valence-electron chi connectivity index (χ4n) is 2.52. The van der Waals surface area contributed by atoms with Crippen molar-refractivity contribution in [3.05, 3.63) is 23.3 Å². The van der Waals surface area contributed by atoms with Crippen LogP contribution in [0.15, 0.2) is 23.3 Å². The number of allylic oxidation sites excluding steroid dienone is 4. The molecule has 0 heteroatoms. The van der Waals surface area contributed by atoms with Gasteiger partial charge in [0.25, 0.3) is 0 Å². The molecule has 14 heavy (non-hydrogen) atoms. The largest absolute Gasteiger partial charge is 0.0841 e. The minimum absolute atomic E-state index is 0.487. The first-order chi connectivity index (χ1) is 6.50. The molecule has 0 nitrogen and oxygen atoms in total. The van der Waals surface area contributed by atoms with Crippen molar-refractivity contribution in [3.8, 4) is 0 Å². The molecule has 1 atom stereocenters. The highest BCUT2D eigenvalue weighted by molar-refractivity contribution is 5.33. The Morgan fingerprint density at radius 1 is 1.21 bits per heavy atom. The van der Waals surface area contributed by atoms with Crippen molar-refractivity contribution in [1.82, 2.24) is 0 Å². The van der Waals surface area contributed by atoms with Crippen molar-refractivity contribution >= 4 is 0 Å². The Labute approximate surface area is 89.1 Å². The van der Waals surface area contributed by atoms with Crippen LogP contribution in [0.3, 0.4) is 0 Å². The van der Waals surface area contributed by atoms with Crippen LogP contribution in [0.2, 0.25) is 0 Å². The molecule has 0 radical (unpaired) electrons. The van der Waals surface area contributed by atoms with Crippen molar-refractivity contribution < 1.29 is 0 Å². The van der Waals surface area contributed by atoms with E-state index < -0.39 is 0 Å². The molecule has 0 bridgehead atoms. The van der Waals surface area contributed by atoms with Gasteiger partial charge in [-0.2, -0.15) is 0 Å². The van der Waals surface area contributed by atoms with Crippen LogP contribution in [-0.4, -0.2) is 0 Å². The van der Waals surface area contributed by atoms with E-state index in [1.807, 2.05) is 0 Å². The van der Waals surface area contributed by atoms with Crippen LogP contribution in [0.5, 0.6) is 0 Å². The van der Waals surface area contributed by atoms with Crippen LogP contribution in [0, 0.1) is 11.3 Å². The molecule has 80 valence electrons. The zero-order valence-corrected chi connectivity index (χ0v) is 10.4. The maximum Gasteiger partial charge on any atom is -0.0191 e. The van der Waals surface area contributed by atoms with Crippen LogP contribution in [-0.2, 0) is 0 Å². The number of hydrogen-bond acceptors (Lipinski definition) is 0.